The molecule has 0 saturated carbocycles. The topological polar surface area (TPSA) is 60.2 Å². The molecule has 3 aromatic rings. The molecule has 4 heterocycles. The van der Waals surface area contributed by atoms with E-state index in [-0.39, 0.29) is 5.56 Å². The zero-order chi connectivity index (χ0) is 18.1. The van der Waals surface area contributed by atoms with Crippen molar-refractivity contribution in [3.8, 4) is 5.75 Å². The molecule has 3 aromatic heterocycles. The number of nitrogens with zero attached hydrogens (tertiary/aromatic N) is 4. The van der Waals surface area contributed by atoms with E-state index >= 15 is 0 Å². The summed E-state index contributed by atoms with van der Waals surface area (Å²) in [7, 11) is 1.80. The van der Waals surface area contributed by atoms with Gasteiger partial charge in [0.25, 0.3) is 5.56 Å². The summed E-state index contributed by atoms with van der Waals surface area (Å²) < 4.78 is 8.22. The van der Waals surface area contributed by atoms with Gasteiger partial charge in [-0.2, -0.15) is 0 Å². The Hall–Kier alpha value is -2.12. The maximum Gasteiger partial charge on any atom is 0.272 e. The van der Waals surface area contributed by atoms with Crippen LogP contribution in [0, 0.1) is 5.92 Å². The third-order valence-corrected chi connectivity index (χ3v) is 5.95. The summed E-state index contributed by atoms with van der Waals surface area (Å²) in [5.74, 6) is 1.88. The quantitative estimate of drug-likeness (QED) is 0.683. The molecule has 0 aromatic carbocycles. The highest BCUT2D eigenvalue weighted by atomic mass is 35.5. The lowest BCUT2D eigenvalue weighted by Gasteiger charge is -2.33. The van der Waals surface area contributed by atoms with E-state index in [2.05, 4.69) is 9.88 Å². The van der Waals surface area contributed by atoms with Crippen LogP contribution in [0.4, 0.5) is 5.95 Å². The number of piperidine rings is 1. The van der Waals surface area contributed by atoms with Gasteiger partial charge in [-0.05, 0) is 30.2 Å². The molecule has 0 aliphatic carbocycles. The van der Waals surface area contributed by atoms with Crippen molar-refractivity contribution in [2.75, 3.05) is 24.6 Å². The van der Waals surface area contributed by atoms with Crippen molar-refractivity contribution >= 4 is 39.1 Å². The molecule has 1 saturated heterocycles. The Kier molecular flexibility index (Phi) is 4.82. The van der Waals surface area contributed by atoms with Crippen LogP contribution in [0.5, 0.6) is 5.75 Å². The summed E-state index contributed by atoms with van der Waals surface area (Å²) in [4.78, 5) is 23.3. The summed E-state index contributed by atoms with van der Waals surface area (Å²) in [5.41, 5.74) is 0.809. The molecule has 6 nitrogen and oxygen atoms in total. The first-order chi connectivity index (χ1) is 12.6. The van der Waals surface area contributed by atoms with Gasteiger partial charge in [-0.25, -0.2) is 4.98 Å². The third-order valence-electron chi connectivity index (χ3n) is 4.77. The fraction of sp³-hybridized carbons (Fsp3) is 0.389. The van der Waals surface area contributed by atoms with Gasteiger partial charge in [-0.1, -0.05) is 11.6 Å². The summed E-state index contributed by atoms with van der Waals surface area (Å²) in [6.45, 7) is 2.34. The third kappa shape index (κ3) is 3.29. The number of fused-ring (bicyclic) bond motifs is 1. The minimum atomic E-state index is 0.0257. The van der Waals surface area contributed by atoms with Crippen molar-refractivity contribution < 1.29 is 4.74 Å². The Labute approximate surface area is 160 Å². The van der Waals surface area contributed by atoms with Crippen molar-refractivity contribution in [3.63, 3.8) is 0 Å². The first-order valence-corrected chi connectivity index (χ1v) is 9.80. The maximum atomic E-state index is 12.5. The molecule has 0 N–H and O–H groups in total. The Morgan fingerprint density at radius 2 is 2.15 bits per heavy atom. The summed E-state index contributed by atoms with van der Waals surface area (Å²) in [6, 6.07) is 3.69. The molecular formula is C18H19ClN4O2S. The van der Waals surface area contributed by atoms with Crippen molar-refractivity contribution in [2.24, 2.45) is 13.0 Å². The molecule has 1 fully saturated rings. The minimum Gasteiger partial charge on any atom is -0.492 e. The smallest absolute Gasteiger partial charge is 0.272 e. The predicted molar refractivity (Wildman–Crippen MR) is 105 cm³/mol. The SMILES string of the molecule is Cn1c(N2CCC(COc3ccncc3Cl)CC2)nc2ccsc2c1=O. The molecule has 26 heavy (non-hydrogen) atoms. The van der Waals surface area contributed by atoms with E-state index < -0.39 is 0 Å². The van der Waals surface area contributed by atoms with E-state index in [1.54, 1.807) is 30.1 Å². The summed E-state index contributed by atoms with van der Waals surface area (Å²) >= 11 is 7.52. The maximum absolute atomic E-state index is 12.5. The van der Waals surface area contributed by atoms with Gasteiger partial charge < -0.3 is 9.64 Å². The largest absolute Gasteiger partial charge is 0.492 e. The second-order valence-electron chi connectivity index (χ2n) is 6.46. The van der Waals surface area contributed by atoms with Crippen LogP contribution in [-0.2, 0) is 7.05 Å². The molecule has 0 amide bonds. The molecule has 136 valence electrons. The van der Waals surface area contributed by atoms with Gasteiger partial charge in [0, 0.05) is 38.6 Å². The number of halogens is 1. The van der Waals surface area contributed by atoms with Crippen molar-refractivity contribution in [1.82, 2.24) is 14.5 Å². The van der Waals surface area contributed by atoms with Crippen LogP contribution in [0.2, 0.25) is 5.02 Å². The number of ether oxygens (including phenoxy) is 1. The molecule has 1 aliphatic rings. The molecule has 0 radical (unpaired) electrons. The number of hydrogen-bond donors (Lipinski definition) is 0. The number of hydrogen-bond acceptors (Lipinski definition) is 6. The normalized spacial score (nSPS) is 15.5. The lowest BCUT2D eigenvalue weighted by atomic mass is 9.98. The Morgan fingerprint density at radius 3 is 2.92 bits per heavy atom. The van der Waals surface area contributed by atoms with Gasteiger partial charge in [0.05, 0.1) is 12.1 Å². The molecule has 1 aliphatic heterocycles. The van der Waals surface area contributed by atoms with E-state index in [1.165, 1.54) is 11.3 Å². The highest BCUT2D eigenvalue weighted by Crippen LogP contribution is 2.26. The second-order valence-corrected chi connectivity index (χ2v) is 7.78. The fourth-order valence-corrected chi connectivity index (χ4v) is 4.23. The van der Waals surface area contributed by atoms with E-state index in [0.717, 1.165) is 37.4 Å². The molecule has 4 rings (SSSR count). The zero-order valence-corrected chi connectivity index (χ0v) is 16.0. The number of pyridine rings is 1. The first kappa shape index (κ1) is 17.3. The highest BCUT2D eigenvalue weighted by molar-refractivity contribution is 7.17. The van der Waals surface area contributed by atoms with E-state index in [0.29, 0.717) is 28.0 Å². The van der Waals surface area contributed by atoms with E-state index in [4.69, 9.17) is 21.3 Å². The average molecular weight is 391 g/mol. The number of rotatable bonds is 4. The molecule has 0 spiro atoms. The molecule has 0 bridgehead atoms. The fourth-order valence-electron chi connectivity index (χ4n) is 3.25. The monoisotopic (exact) mass is 390 g/mol. The van der Waals surface area contributed by atoms with Crippen LogP contribution >= 0.6 is 22.9 Å². The molecular weight excluding hydrogens is 372 g/mol. The van der Waals surface area contributed by atoms with Crippen LogP contribution < -0.4 is 15.2 Å². The van der Waals surface area contributed by atoms with Gasteiger partial charge in [0.2, 0.25) is 5.95 Å². The van der Waals surface area contributed by atoms with Crippen LogP contribution in [-0.4, -0.2) is 34.2 Å². The van der Waals surface area contributed by atoms with Crippen LogP contribution in [0.1, 0.15) is 12.8 Å². The number of thiophene rings is 1. The summed E-state index contributed by atoms with van der Waals surface area (Å²) in [5, 5.41) is 2.45. The zero-order valence-electron chi connectivity index (χ0n) is 14.4. The number of anilines is 1. The lowest BCUT2D eigenvalue weighted by molar-refractivity contribution is 0.222. The lowest BCUT2D eigenvalue weighted by Crippen LogP contribution is -2.39. The molecule has 8 heteroatoms. The Morgan fingerprint density at radius 1 is 1.35 bits per heavy atom. The van der Waals surface area contributed by atoms with E-state index in [1.807, 2.05) is 11.4 Å². The van der Waals surface area contributed by atoms with Gasteiger partial charge in [0.15, 0.2) is 0 Å². The average Bonchev–Trinajstić information content (AvgIpc) is 3.13. The van der Waals surface area contributed by atoms with Gasteiger partial charge >= 0.3 is 0 Å². The second kappa shape index (κ2) is 7.25. The van der Waals surface area contributed by atoms with Gasteiger partial charge in [0.1, 0.15) is 15.5 Å². The van der Waals surface area contributed by atoms with E-state index in [9.17, 15) is 4.79 Å². The van der Waals surface area contributed by atoms with Crippen molar-refractivity contribution in [1.29, 1.82) is 0 Å². The van der Waals surface area contributed by atoms with Crippen LogP contribution in [0.3, 0.4) is 0 Å². The molecule has 0 atom stereocenters. The van der Waals surface area contributed by atoms with Gasteiger partial charge in [-0.3, -0.25) is 14.3 Å². The number of aromatic nitrogens is 3. The summed E-state index contributed by atoms with van der Waals surface area (Å²) in [6.07, 6.45) is 5.24. The predicted octanol–water partition coefficient (Wildman–Crippen LogP) is 3.34. The Balaban J connectivity index is 1.42. The minimum absolute atomic E-state index is 0.0257. The van der Waals surface area contributed by atoms with Crippen LogP contribution in [0.25, 0.3) is 10.2 Å². The van der Waals surface area contributed by atoms with Crippen LogP contribution in [0.15, 0.2) is 34.7 Å². The highest BCUT2D eigenvalue weighted by Gasteiger charge is 2.23. The first-order valence-electron chi connectivity index (χ1n) is 8.55. The standard InChI is InChI=1S/C18H19ClN4O2S/c1-22-17(24)16-14(5-9-26-16)21-18(22)23-7-3-12(4-8-23)11-25-15-2-6-20-10-13(15)19/h2,5-6,9-10,12H,3-4,7-8,11H2,1H3. The van der Waals surface area contributed by atoms with Gasteiger partial charge in [-0.15, -0.1) is 11.3 Å². The van der Waals surface area contributed by atoms with Crippen molar-refractivity contribution in [3.05, 3.63) is 45.3 Å². The molecule has 0 unspecified atom stereocenters. The van der Waals surface area contributed by atoms with Crippen molar-refractivity contribution in [2.45, 2.75) is 12.8 Å². The Bertz CT molecular complexity index is 979.